The van der Waals surface area contributed by atoms with Crippen LogP contribution in [0.2, 0.25) is 10.0 Å². The van der Waals surface area contributed by atoms with Gasteiger partial charge in [-0.3, -0.25) is 10.1 Å². The van der Waals surface area contributed by atoms with Gasteiger partial charge < -0.3 is 5.32 Å². The second kappa shape index (κ2) is 6.43. The summed E-state index contributed by atoms with van der Waals surface area (Å²) in [6.45, 7) is 0.450. The second-order valence-corrected chi connectivity index (χ2v) is 5.69. The number of benzene rings is 2. The van der Waals surface area contributed by atoms with Gasteiger partial charge >= 0.3 is 0 Å². The van der Waals surface area contributed by atoms with Crippen molar-refractivity contribution < 1.29 is 4.92 Å². The highest BCUT2D eigenvalue weighted by Gasteiger charge is 2.12. The van der Waals surface area contributed by atoms with Crippen LogP contribution in [-0.2, 0) is 6.54 Å². The molecule has 0 amide bonds. The quantitative estimate of drug-likeness (QED) is 0.584. The predicted octanol–water partition coefficient (Wildman–Crippen LogP) is 5.28. The molecule has 0 atom stereocenters. The fourth-order valence-electron chi connectivity index (χ4n) is 1.62. The number of nitrogens with zero attached hydrogens (tertiary/aromatic N) is 1. The lowest BCUT2D eigenvalue weighted by molar-refractivity contribution is -0.385. The van der Waals surface area contributed by atoms with Gasteiger partial charge in [-0.1, -0.05) is 29.3 Å². The van der Waals surface area contributed by atoms with Crippen molar-refractivity contribution in [3.05, 3.63) is 66.6 Å². The molecule has 0 spiro atoms. The Balaban J connectivity index is 2.12. The summed E-state index contributed by atoms with van der Waals surface area (Å²) in [7, 11) is 0. The number of hydrogen-bond donors (Lipinski definition) is 1. The van der Waals surface area contributed by atoms with Crippen LogP contribution >= 0.6 is 39.1 Å². The maximum atomic E-state index is 10.9. The highest BCUT2D eigenvalue weighted by atomic mass is 79.9. The molecule has 0 heterocycles. The van der Waals surface area contributed by atoms with Crippen LogP contribution in [0.1, 0.15) is 5.56 Å². The topological polar surface area (TPSA) is 55.2 Å². The molecule has 2 aromatic rings. The molecule has 0 aliphatic carbocycles. The van der Waals surface area contributed by atoms with Crippen LogP contribution in [0.15, 0.2) is 40.9 Å². The molecule has 0 saturated carbocycles. The van der Waals surface area contributed by atoms with Gasteiger partial charge in [-0.05, 0) is 45.8 Å². The Morgan fingerprint density at radius 3 is 2.55 bits per heavy atom. The summed E-state index contributed by atoms with van der Waals surface area (Å²) < 4.78 is 0.459. The predicted molar refractivity (Wildman–Crippen MR) is 84.6 cm³/mol. The van der Waals surface area contributed by atoms with Crippen molar-refractivity contribution in [3.8, 4) is 0 Å². The van der Waals surface area contributed by atoms with E-state index < -0.39 is 4.92 Å². The molecule has 1 N–H and O–H groups in total. The Morgan fingerprint density at radius 1 is 1.15 bits per heavy atom. The van der Waals surface area contributed by atoms with E-state index >= 15 is 0 Å². The number of rotatable bonds is 4. The first-order valence-corrected chi connectivity index (χ1v) is 7.14. The van der Waals surface area contributed by atoms with Crippen LogP contribution in [0, 0.1) is 10.1 Å². The van der Waals surface area contributed by atoms with Crippen LogP contribution in [0.25, 0.3) is 0 Å². The Morgan fingerprint density at radius 2 is 1.90 bits per heavy atom. The minimum atomic E-state index is -0.424. The molecule has 2 rings (SSSR count). The van der Waals surface area contributed by atoms with Gasteiger partial charge in [0.1, 0.15) is 0 Å². The lowest BCUT2D eigenvalue weighted by atomic mass is 10.2. The summed E-state index contributed by atoms with van der Waals surface area (Å²) in [4.78, 5) is 10.4. The van der Waals surface area contributed by atoms with Crippen molar-refractivity contribution in [2.45, 2.75) is 6.54 Å². The maximum absolute atomic E-state index is 10.9. The van der Waals surface area contributed by atoms with E-state index in [0.717, 1.165) is 11.3 Å². The molecular formula is C13H9BrCl2N2O2. The lowest BCUT2D eigenvalue weighted by Crippen LogP contribution is -2.00. The Bertz CT molecular complexity index is 665. The normalized spacial score (nSPS) is 10.3. The molecule has 0 bridgehead atoms. The third-order valence-corrected chi connectivity index (χ3v) is 4.03. The molecule has 104 valence electrons. The van der Waals surface area contributed by atoms with Crippen molar-refractivity contribution in [1.82, 2.24) is 0 Å². The van der Waals surface area contributed by atoms with Gasteiger partial charge in [0.25, 0.3) is 5.69 Å². The van der Waals surface area contributed by atoms with Gasteiger partial charge in [-0.15, -0.1) is 0 Å². The Kier molecular flexibility index (Phi) is 4.86. The fraction of sp³-hybridized carbons (Fsp3) is 0.0769. The fourth-order valence-corrected chi connectivity index (χ4v) is 2.31. The van der Waals surface area contributed by atoms with Gasteiger partial charge in [0, 0.05) is 18.3 Å². The SMILES string of the molecule is O=[N+]([O-])c1cc(CNc2ccc(Cl)c(Cl)c2)ccc1Br. The molecule has 0 radical (unpaired) electrons. The molecule has 20 heavy (non-hydrogen) atoms. The van der Waals surface area contributed by atoms with Gasteiger partial charge in [0.2, 0.25) is 0 Å². The molecule has 2 aromatic carbocycles. The average molecular weight is 376 g/mol. The monoisotopic (exact) mass is 374 g/mol. The molecular weight excluding hydrogens is 367 g/mol. The molecule has 0 unspecified atom stereocenters. The van der Waals surface area contributed by atoms with Crippen LogP contribution in [-0.4, -0.2) is 4.92 Å². The highest BCUT2D eigenvalue weighted by Crippen LogP contribution is 2.27. The number of nitro benzene ring substituents is 1. The van der Waals surface area contributed by atoms with Crippen LogP contribution < -0.4 is 5.32 Å². The maximum Gasteiger partial charge on any atom is 0.283 e. The summed E-state index contributed by atoms with van der Waals surface area (Å²) in [5, 5.41) is 14.9. The zero-order chi connectivity index (χ0) is 14.7. The minimum absolute atomic E-state index is 0.0402. The standard InChI is InChI=1S/C13H9BrCl2N2O2/c14-10-3-1-8(5-13(10)18(19)20)7-17-9-2-4-11(15)12(16)6-9/h1-6,17H,7H2. The largest absolute Gasteiger partial charge is 0.381 e. The number of hydrogen-bond acceptors (Lipinski definition) is 3. The van der Waals surface area contributed by atoms with E-state index in [4.69, 9.17) is 23.2 Å². The molecule has 4 nitrogen and oxygen atoms in total. The van der Waals surface area contributed by atoms with Gasteiger partial charge in [-0.2, -0.15) is 0 Å². The molecule has 7 heteroatoms. The van der Waals surface area contributed by atoms with Crippen molar-refractivity contribution in [2.24, 2.45) is 0 Å². The number of nitrogens with one attached hydrogen (secondary N) is 1. The first-order chi connectivity index (χ1) is 9.47. The number of nitro groups is 1. The number of halogens is 3. The lowest BCUT2D eigenvalue weighted by Gasteiger charge is -2.08. The van der Waals surface area contributed by atoms with Crippen molar-refractivity contribution in [1.29, 1.82) is 0 Å². The summed E-state index contributed by atoms with van der Waals surface area (Å²) >= 11 is 14.9. The van der Waals surface area contributed by atoms with Crippen LogP contribution in [0.4, 0.5) is 11.4 Å². The zero-order valence-corrected chi connectivity index (χ0v) is 13.2. The van der Waals surface area contributed by atoms with E-state index in [1.165, 1.54) is 6.07 Å². The number of anilines is 1. The first kappa shape index (κ1) is 15.1. The summed E-state index contributed by atoms with van der Waals surface area (Å²) in [6.07, 6.45) is 0. The van der Waals surface area contributed by atoms with E-state index in [1.54, 1.807) is 24.3 Å². The average Bonchev–Trinajstić information content (AvgIpc) is 2.41. The smallest absolute Gasteiger partial charge is 0.283 e. The molecule has 0 saturated heterocycles. The summed E-state index contributed by atoms with van der Waals surface area (Å²) in [6, 6.07) is 10.2. The molecule has 0 aliphatic rings. The van der Waals surface area contributed by atoms with Gasteiger partial charge in [0.05, 0.1) is 19.4 Å². The minimum Gasteiger partial charge on any atom is -0.381 e. The Labute approximate surface area is 134 Å². The summed E-state index contributed by atoms with van der Waals surface area (Å²) in [5.41, 5.74) is 1.63. The van der Waals surface area contributed by atoms with E-state index in [1.807, 2.05) is 6.07 Å². The van der Waals surface area contributed by atoms with E-state index in [2.05, 4.69) is 21.2 Å². The van der Waals surface area contributed by atoms with E-state index in [0.29, 0.717) is 21.1 Å². The van der Waals surface area contributed by atoms with Crippen molar-refractivity contribution >= 4 is 50.5 Å². The second-order valence-electron chi connectivity index (χ2n) is 4.03. The van der Waals surface area contributed by atoms with Gasteiger partial charge in [-0.25, -0.2) is 0 Å². The molecule has 0 aliphatic heterocycles. The zero-order valence-electron chi connectivity index (χ0n) is 10.1. The Hall–Kier alpha value is -1.30. The van der Waals surface area contributed by atoms with E-state index in [-0.39, 0.29) is 5.69 Å². The third-order valence-electron chi connectivity index (χ3n) is 2.62. The van der Waals surface area contributed by atoms with Gasteiger partial charge in [0.15, 0.2) is 0 Å². The van der Waals surface area contributed by atoms with E-state index in [9.17, 15) is 10.1 Å². The highest BCUT2D eigenvalue weighted by molar-refractivity contribution is 9.10. The summed E-state index contributed by atoms with van der Waals surface area (Å²) in [5.74, 6) is 0. The molecule has 0 fully saturated rings. The van der Waals surface area contributed by atoms with Crippen molar-refractivity contribution in [2.75, 3.05) is 5.32 Å². The first-order valence-electron chi connectivity index (χ1n) is 5.59. The third kappa shape index (κ3) is 3.62. The van der Waals surface area contributed by atoms with Crippen LogP contribution in [0.5, 0.6) is 0 Å². The van der Waals surface area contributed by atoms with Crippen LogP contribution in [0.3, 0.4) is 0 Å². The molecule has 0 aromatic heterocycles. The van der Waals surface area contributed by atoms with Crippen molar-refractivity contribution in [3.63, 3.8) is 0 Å².